The van der Waals surface area contributed by atoms with Crippen molar-refractivity contribution in [3.8, 4) is 0 Å². The van der Waals surface area contributed by atoms with Gasteiger partial charge in [-0.25, -0.2) is 4.98 Å². The molecule has 1 aromatic heterocycles. The lowest BCUT2D eigenvalue weighted by atomic mass is 9.94. The number of carbonyl (C=O) groups is 1. The summed E-state index contributed by atoms with van der Waals surface area (Å²) in [6, 6.07) is 27.6. The third kappa shape index (κ3) is 8.38. The summed E-state index contributed by atoms with van der Waals surface area (Å²) in [5.41, 5.74) is 3.57. The van der Waals surface area contributed by atoms with E-state index < -0.39 is 12.6 Å². The van der Waals surface area contributed by atoms with Crippen molar-refractivity contribution < 1.29 is 18.0 Å². The fourth-order valence-electron chi connectivity index (χ4n) is 5.97. The minimum Gasteiger partial charge on any atom is -0.353 e. The maximum absolute atomic E-state index is 13.0. The second kappa shape index (κ2) is 14.1. The van der Waals surface area contributed by atoms with E-state index in [0.717, 1.165) is 49.9 Å². The van der Waals surface area contributed by atoms with Crippen molar-refractivity contribution in [3.05, 3.63) is 96.1 Å². The number of hydrogen-bond donors (Lipinski definition) is 1. The number of likely N-dealkylation sites (N-methyl/N-ethyl adjacent to an activating group) is 1. The van der Waals surface area contributed by atoms with Gasteiger partial charge in [0.25, 0.3) is 5.91 Å². The van der Waals surface area contributed by atoms with E-state index in [0.29, 0.717) is 18.1 Å². The Morgan fingerprint density at radius 3 is 2.30 bits per heavy atom. The summed E-state index contributed by atoms with van der Waals surface area (Å²) >= 11 is 0. The van der Waals surface area contributed by atoms with Gasteiger partial charge in [-0.2, -0.15) is 13.2 Å². The summed E-state index contributed by atoms with van der Waals surface area (Å²) in [6.07, 6.45) is -2.17. The zero-order chi connectivity index (χ0) is 30.2. The van der Waals surface area contributed by atoms with Gasteiger partial charge in [0, 0.05) is 57.2 Å². The van der Waals surface area contributed by atoms with Crippen molar-refractivity contribution in [2.75, 3.05) is 38.5 Å². The number of carbonyl (C=O) groups excluding carboxylic acids is 1. The first-order valence-corrected chi connectivity index (χ1v) is 15.1. The topological polar surface area (TPSA) is 53.4 Å². The molecule has 1 atom stereocenters. The van der Waals surface area contributed by atoms with E-state index in [4.69, 9.17) is 4.98 Å². The lowest BCUT2D eigenvalue weighted by Gasteiger charge is -2.34. The Bertz CT molecular complexity index is 1450. The number of hydrogen-bond acceptors (Lipinski definition) is 4. The maximum atomic E-state index is 13.0. The van der Waals surface area contributed by atoms with Crippen LogP contribution in [0, 0.1) is 0 Å². The zero-order valence-corrected chi connectivity index (χ0v) is 24.6. The number of piperidine rings is 1. The van der Waals surface area contributed by atoms with Gasteiger partial charge in [0.05, 0.1) is 11.0 Å². The van der Waals surface area contributed by atoms with Crippen molar-refractivity contribution >= 4 is 22.9 Å². The number of imidazole rings is 1. The SMILES string of the molecule is CN(CC(CCN1CCC(Nc2nc3ccccc3n2CCCC(F)(F)F)CC1)c1ccccc1)C(=O)c1ccccc1. The number of alkyl halides is 3. The largest absolute Gasteiger partial charge is 0.389 e. The number of para-hydroxylation sites is 2. The van der Waals surface area contributed by atoms with Gasteiger partial charge >= 0.3 is 6.18 Å². The smallest absolute Gasteiger partial charge is 0.353 e. The third-order valence-corrected chi connectivity index (χ3v) is 8.34. The van der Waals surface area contributed by atoms with Crippen LogP contribution in [-0.2, 0) is 6.54 Å². The van der Waals surface area contributed by atoms with Gasteiger partial charge in [0.15, 0.2) is 0 Å². The molecule has 0 bridgehead atoms. The Balaban J connectivity index is 1.17. The summed E-state index contributed by atoms with van der Waals surface area (Å²) < 4.78 is 40.4. The molecule has 1 amide bonds. The van der Waals surface area contributed by atoms with E-state index >= 15 is 0 Å². The molecule has 1 N–H and O–H groups in total. The first-order chi connectivity index (χ1) is 20.8. The van der Waals surface area contributed by atoms with Crippen molar-refractivity contribution in [1.82, 2.24) is 19.4 Å². The van der Waals surface area contributed by atoms with Gasteiger partial charge in [0.2, 0.25) is 5.95 Å². The maximum Gasteiger partial charge on any atom is 0.389 e. The average molecular weight is 592 g/mol. The van der Waals surface area contributed by atoms with Crippen molar-refractivity contribution in [1.29, 1.82) is 0 Å². The van der Waals surface area contributed by atoms with E-state index in [1.165, 1.54) is 5.56 Å². The molecule has 0 radical (unpaired) electrons. The number of halogens is 3. The molecule has 43 heavy (non-hydrogen) atoms. The summed E-state index contributed by atoms with van der Waals surface area (Å²) in [6.45, 7) is 3.68. The first-order valence-electron chi connectivity index (χ1n) is 15.1. The monoisotopic (exact) mass is 591 g/mol. The van der Waals surface area contributed by atoms with Gasteiger partial charge in [0.1, 0.15) is 0 Å². The van der Waals surface area contributed by atoms with Crippen molar-refractivity contribution in [3.63, 3.8) is 0 Å². The minimum absolute atomic E-state index is 0.0195. The van der Waals surface area contributed by atoms with Crippen LogP contribution in [-0.4, -0.2) is 70.7 Å². The molecule has 9 heteroatoms. The molecule has 0 spiro atoms. The quantitative estimate of drug-likeness (QED) is 0.189. The number of amides is 1. The van der Waals surface area contributed by atoms with Gasteiger partial charge in [-0.05, 0) is 62.1 Å². The van der Waals surface area contributed by atoms with Gasteiger partial charge in [-0.3, -0.25) is 4.79 Å². The average Bonchev–Trinajstić information content (AvgIpc) is 3.36. The highest BCUT2D eigenvalue weighted by Gasteiger charge is 2.27. The van der Waals surface area contributed by atoms with Crippen LogP contribution in [0.25, 0.3) is 11.0 Å². The Kier molecular flexibility index (Phi) is 10.0. The summed E-state index contributed by atoms with van der Waals surface area (Å²) in [5, 5.41) is 3.55. The second-order valence-electron chi connectivity index (χ2n) is 11.5. The lowest BCUT2D eigenvalue weighted by molar-refractivity contribution is -0.135. The number of likely N-dealkylation sites (tertiary alicyclic amines) is 1. The van der Waals surface area contributed by atoms with Crippen molar-refractivity contribution in [2.45, 2.75) is 56.8 Å². The molecular weight excluding hydrogens is 551 g/mol. The van der Waals surface area contributed by atoms with Crippen LogP contribution < -0.4 is 5.32 Å². The molecule has 1 aliphatic rings. The number of benzene rings is 3. The molecule has 4 aromatic rings. The predicted octanol–water partition coefficient (Wildman–Crippen LogP) is 7.20. The Morgan fingerprint density at radius 1 is 0.953 bits per heavy atom. The lowest BCUT2D eigenvalue weighted by Crippen LogP contribution is -2.40. The molecule has 1 unspecified atom stereocenters. The molecular formula is C34H40F3N5O. The van der Waals surface area contributed by atoms with Gasteiger partial charge < -0.3 is 19.7 Å². The van der Waals surface area contributed by atoms with Crippen LogP contribution in [0.3, 0.4) is 0 Å². The fraction of sp³-hybridized carbons (Fsp3) is 0.412. The number of anilines is 1. The van der Waals surface area contributed by atoms with E-state index in [1.807, 2.05) is 77.2 Å². The zero-order valence-electron chi connectivity index (χ0n) is 24.6. The van der Waals surface area contributed by atoms with Crippen LogP contribution >= 0.6 is 0 Å². The van der Waals surface area contributed by atoms with Crippen LogP contribution in [0.15, 0.2) is 84.9 Å². The molecule has 3 aromatic carbocycles. The minimum atomic E-state index is -4.16. The molecule has 1 aliphatic heterocycles. The van der Waals surface area contributed by atoms with Crippen LogP contribution in [0.5, 0.6) is 0 Å². The molecule has 5 rings (SSSR count). The second-order valence-corrected chi connectivity index (χ2v) is 11.5. The molecule has 1 fully saturated rings. The highest BCUT2D eigenvalue weighted by molar-refractivity contribution is 5.94. The summed E-state index contributed by atoms with van der Waals surface area (Å²) in [7, 11) is 1.87. The summed E-state index contributed by atoms with van der Waals surface area (Å²) in [4.78, 5) is 22.1. The summed E-state index contributed by atoms with van der Waals surface area (Å²) in [5.74, 6) is 0.890. The highest BCUT2D eigenvalue weighted by atomic mass is 19.4. The van der Waals surface area contributed by atoms with E-state index in [9.17, 15) is 18.0 Å². The molecule has 6 nitrogen and oxygen atoms in total. The third-order valence-electron chi connectivity index (χ3n) is 8.34. The van der Waals surface area contributed by atoms with Gasteiger partial charge in [-0.15, -0.1) is 0 Å². The molecule has 0 aliphatic carbocycles. The Labute approximate surface area is 251 Å². The van der Waals surface area contributed by atoms with Crippen LogP contribution in [0.4, 0.5) is 19.1 Å². The predicted molar refractivity (Wildman–Crippen MR) is 165 cm³/mol. The number of aryl methyl sites for hydroxylation is 1. The fourth-order valence-corrected chi connectivity index (χ4v) is 5.97. The van der Waals surface area contributed by atoms with Crippen molar-refractivity contribution in [2.24, 2.45) is 0 Å². The van der Waals surface area contributed by atoms with Crippen LogP contribution in [0.2, 0.25) is 0 Å². The van der Waals surface area contributed by atoms with E-state index in [2.05, 4.69) is 34.5 Å². The Morgan fingerprint density at radius 2 is 1.60 bits per heavy atom. The molecule has 0 saturated carbocycles. The molecule has 1 saturated heterocycles. The number of aromatic nitrogens is 2. The molecule has 2 heterocycles. The standard InChI is InChI=1S/C34H40F3N5O/c1-40(32(43)27-13-6-3-7-14-27)25-28(26-11-4-2-5-12-26)17-22-41-23-18-29(19-24-41)38-33-39-30-15-8-9-16-31(30)42(33)21-10-20-34(35,36)37/h2-9,11-16,28-29H,10,17-25H2,1H3,(H,38,39). The van der Waals surface area contributed by atoms with Crippen LogP contribution in [0.1, 0.15) is 53.9 Å². The number of fused-ring (bicyclic) bond motifs is 1. The number of nitrogens with zero attached hydrogens (tertiary/aromatic N) is 4. The van der Waals surface area contributed by atoms with E-state index in [1.54, 1.807) is 0 Å². The van der Waals surface area contributed by atoms with Gasteiger partial charge in [-0.1, -0.05) is 60.7 Å². The molecule has 228 valence electrons. The number of rotatable bonds is 12. The number of nitrogens with one attached hydrogen (secondary N) is 1. The highest BCUT2D eigenvalue weighted by Crippen LogP contribution is 2.27. The first kappa shape index (κ1) is 30.6. The Hall–Kier alpha value is -3.85. The normalized spacial score (nSPS) is 15.4. The van der Waals surface area contributed by atoms with E-state index in [-0.39, 0.29) is 30.8 Å².